The summed E-state index contributed by atoms with van der Waals surface area (Å²) in [5.41, 5.74) is 2.91. The van der Waals surface area contributed by atoms with E-state index in [0.29, 0.717) is 6.04 Å². The van der Waals surface area contributed by atoms with Gasteiger partial charge in [-0.05, 0) is 54.1 Å². The zero-order valence-corrected chi connectivity index (χ0v) is 11.4. The fraction of sp³-hybridized carbons (Fsp3) is 0.412. The van der Waals surface area contributed by atoms with Crippen molar-refractivity contribution in [3.63, 3.8) is 0 Å². The van der Waals surface area contributed by atoms with E-state index in [2.05, 4.69) is 62.6 Å². The van der Waals surface area contributed by atoms with E-state index in [-0.39, 0.29) is 0 Å². The molecule has 1 heteroatoms. The number of benzene rings is 2. The van der Waals surface area contributed by atoms with Crippen LogP contribution in [0, 0.1) is 18.8 Å². The second-order valence-corrected chi connectivity index (χ2v) is 5.66. The van der Waals surface area contributed by atoms with Crippen LogP contribution < -0.4 is 5.32 Å². The van der Waals surface area contributed by atoms with Gasteiger partial charge in [-0.2, -0.15) is 0 Å². The summed E-state index contributed by atoms with van der Waals surface area (Å²) in [6.45, 7) is 4.59. The Morgan fingerprint density at radius 1 is 1.17 bits per heavy atom. The van der Waals surface area contributed by atoms with E-state index < -0.39 is 0 Å². The van der Waals surface area contributed by atoms with Crippen molar-refractivity contribution < 1.29 is 0 Å². The molecular formula is C17H21N. The summed E-state index contributed by atoms with van der Waals surface area (Å²) in [5, 5.41) is 6.31. The zero-order valence-electron chi connectivity index (χ0n) is 11.4. The standard InChI is InChI=1S/C17H21N/c1-11-8-9-13-6-4-5-7-14(13)16(11)17(18-3)15-10-12(15)2/h4-9,12,15,17-18H,10H2,1-3H3. The van der Waals surface area contributed by atoms with Gasteiger partial charge in [0.2, 0.25) is 0 Å². The van der Waals surface area contributed by atoms with Crippen molar-refractivity contribution in [3.8, 4) is 0 Å². The molecule has 94 valence electrons. The fourth-order valence-electron chi connectivity index (χ4n) is 3.21. The van der Waals surface area contributed by atoms with Crippen LogP contribution in [0.5, 0.6) is 0 Å². The summed E-state index contributed by atoms with van der Waals surface area (Å²) in [6.07, 6.45) is 1.36. The highest BCUT2D eigenvalue weighted by Crippen LogP contribution is 2.48. The first-order chi connectivity index (χ1) is 8.72. The minimum atomic E-state index is 0.506. The van der Waals surface area contributed by atoms with Crippen LogP contribution in [-0.4, -0.2) is 7.05 Å². The van der Waals surface area contributed by atoms with Crippen LogP contribution >= 0.6 is 0 Å². The predicted molar refractivity (Wildman–Crippen MR) is 77.8 cm³/mol. The topological polar surface area (TPSA) is 12.0 Å². The molecule has 0 aliphatic heterocycles. The normalized spacial score (nSPS) is 24.2. The molecule has 2 aromatic carbocycles. The maximum absolute atomic E-state index is 3.54. The molecule has 3 rings (SSSR count). The third-order valence-electron chi connectivity index (χ3n) is 4.41. The van der Waals surface area contributed by atoms with Gasteiger partial charge < -0.3 is 5.32 Å². The maximum Gasteiger partial charge on any atom is 0.0357 e. The van der Waals surface area contributed by atoms with Crippen molar-refractivity contribution in [2.45, 2.75) is 26.3 Å². The Balaban J connectivity index is 2.17. The Morgan fingerprint density at radius 3 is 2.56 bits per heavy atom. The molecule has 0 radical (unpaired) electrons. The van der Waals surface area contributed by atoms with E-state index >= 15 is 0 Å². The van der Waals surface area contributed by atoms with Crippen LogP contribution in [0.3, 0.4) is 0 Å². The molecule has 1 aliphatic carbocycles. The molecule has 0 amide bonds. The van der Waals surface area contributed by atoms with Crippen LogP contribution in [0.1, 0.15) is 30.5 Å². The van der Waals surface area contributed by atoms with Crippen LogP contribution in [0.25, 0.3) is 10.8 Å². The molecule has 1 fully saturated rings. The van der Waals surface area contributed by atoms with Gasteiger partial charge in [0.15, 0.2) is 0 Å². The Hall–Kier alpha value is -1.34. The summed E-state index contributed by atoms with van der Waals surface area (Å²) in [4.78, 5) is 0. The van der Waals surface area contributed by atoms with Gasteiger partial charge in [-0.25, -0.2) is 0 Å². The van der Waals surface area contributed by atoms with Crippen molar-refractivity contribution >= 4 is 10.8 Å². The molecule has 1 nitrogen and oxygen atoms in total. The summed E-state index contributed by atoms with van der Waals surface area (Å²) < 4.78 is 0. The highest BCUT2D eigenvalue weighted by molar-refractivity contribution is 5.87. The fourth-order valence-corrected chi connectivity index (χ4v) is 3.21. The van der Waals surface area contributed by atoms with Crippen molar-refractivity contribution in [2.24, 2.45) is 11.8 Å². The zero-order chi connectivity index (χ0) is 12.7. The summed E-state index contributed by atoms with van der Waals surface area (Å²) in [7, 11) is 2.09. The van der Waals surface area contributed by atoms with Crippen molar-refractivity contribution in [1.82, 2.24) is 5.32 Å². The minimum Gasteiger partial charge on any atom is -0.313 e. The molecule has 1 aliphatic rings. The Labute approximate surface area is 109 Å². The molecule has 0 bridgehead atoms. The highest BCUT2D eigenvalue weighted by atomic mass is 14.9. The van der Waals surface area contributed by atoms with Crippen molar-refractivity contribution in [3.05, 3.63) is 47.5 Å². The van der Waals surface area contributed by atoms with Gasteiger partial charge in [0, 0.05) is 6.04 Å². The Morgan fingerprint density at radius 2 is 1.89 bits per heavy atom. The van der Waals surface area contributed by atoms with Crippen LogP contribution in [0.4, 0.5) is 0 Å². The second kappa shape index (κ2) is 4.40. The molecule has 3 unspecified atom stereocenters. The lowest BCUT2D eigenvalue weighted by atomic mass is 9.91. The monoisotopic (exact) mass is 239 g/mol. The molecule has 18 heavy (non-hydrogen) atoms. The van der Waals surface area contributed by atoms with Crippen molar-refractivity contribution in [2.75, 3.05) is 7.05 Å². The number of aryl methyl sites for hydroxylation is 1. The Bertz CT molecular complexity index is 573. The lowest BCUT2D eigenvalue weighted by Gasteiger charge is -2.21. The number of rotatable bonds is 3. The van der Waals surface area contributed by atoms with E-state index in [1.165, 1.54) is 28.3 Å². The lowest BCUT2D eigenvalue weighted by molar-refractivity contribution is 0.505. The first-order valence-corrected chi connectivity index (χ1v) is 6.88. The largest absolute Gasteiger partial charge is 0.313 e. The van der Waals surface area contributed by atoms with Gasteiger partial charge in [0.05, 0.1) is 0 Å². The third-order valence-corrected chi connectivity index (χ3v) is 4.41. The van der Waals surface area contributed by atoms with Crippen LogP contribution in [0.2, 0.25) is 0 Å². The molecule has 2 aromatic rings. The molecule has 0 saturated heterocycles. The summed E-state index contributed by atoms with van der Waals surface area (Å²) in [5.74, 6) is 1.67. The van der Waals surface area contributed by atoms with Crippen LogP contribution in [0.15, 0.2) is 36.4 Å². The van der Waals surface area contributed by atoms with Gasteiger partial charge in [-0.15, -0.1) is 0 Å². The quantitative estimate of drug-likeness (QED) is 0.851. The molecule has 1 saturated carbocycles. The van der Waals surface area contributed by atoms with E-state index in [9.17, 15) is 0 Å². The van der Waals surface area contributed by atoms with Crippen molar-refractivity contribution in [1.29, 1.82) is 0 Å². The van der Waals surface area contributed by atoms with Gasteiger partial charge in [-0.3, -0.25) is 0 Å². The highest BCUT2D eigenvalue weighted by Gasteiger charge is 2.40. The predicted octanol–water partition coefficient (Wildman–Crippen LogP) is 4.06. The van der Waals surface area contributed by atoms with E-state index in [4.69, 9.17) is 0 Å². The number of hydrogen-bond donors (Lipinski definition) is 1. The van der Waals surface area contributed by atoms with Crippen LogP contribution in [-0.2, 0) is 0 Å². The minimum absolute atomic E-state index is 0.506. The van der Waals surface area contributed by atoms with Gasteiger partial charge in [-0.1, -0.05) is 43.3 Å². The van der Waals surface area contributed by atoms with Gasteiger partial charge in [0.25, 0.3) is 0 Å². The molecule has 3 atom stereocenters. The first-order valence-electron chi connectivity index (χ1n) is 6.88. The van der Waals surface area contributed by atoms with E-state index in [0.717, 1.165) is 11.8 Å². The lowest BCUT2D eigenvalue weighted by Crippen LogP contribution is -2.20. The third kappa shape index (κ3) is 1.83. The summed E-state index contributed by atoms with van der Waals surface area (Å²) in [6, 6.07) is 13.7. The second-order valence-electron chi connectivity index (χ2n) is 5.66. The average molecular weight is 239 g/mol. The van der Waals surface area contributed by atoms with Gasteiger partial charge >= 0.3 is 0 Å². The average Bonchev–Trinajstić information content (AvgIpc) is 3.10. The molecule has 0 spiro atoms. The number of hydrogen-bond acceptors (Lipinski definition) is 1. The molecular weight excluding hydrogens is 218 g/mol. The Kier molecular flexibility index (Phi) is 2.87. The molecule has 1 N–H and O–H groups in total. The SMILES string of the molecule is CNC(c1c(C)ccc2ccccc12)C1CC1C. The number of nitrogens with one attached hydrogen (secondary N) is 1. The summed E-state index contributed by atoms with van der Waals surface area (Å²) >= 11 is 0. The first kappa shape index (κ1) is 11.7. The van der Waals surface area contributed by atoms with E-state index in [1.54, 1.807) is 0 Å². The van der Waals surface area contributed by atoms with Gasteiger partial charge in [0.1, 0.15) is 0 Å². The molecule has 0 aromatic heterocycles. The molecule has 0 heterocycles. The number of fused-ring (bicyclic) bond motifs is 1. The smallest absolute Gasteiger partial charge is 0.0357 e. The van der Waals surface area contributed by atoms with E-state index in [1.807, 2.05) is 0 Å². The maximum atomic E-state index is 3.54.